The molecule has 1 aromatic heterocycles. The quantitative estimate of drug-likeness (QED) is 0.355. The molecule has 2 amide bonds. The number of aryl methyl sites for hydroxylation is 1. The Morgan fingerprint density at radius 2 is 1.57 bits per heavy atom. The van der Waals surface area contributed by atoms with Crippen LogP contribution in [-0.2, 0) is 28.0 Å². The van der Waals surface area contributed by atoms with Crippen LogP contribution >= 0.6 is 0 Å². The zero-order valence-electron chi connectivity index (χ0n) is 24.0. The van der Waals surface area contributed by atoms with E-state index in [0.717, 1.165) is 30.0 Å². The number of morpholine rings is 1. The number of halogens is 1. The summed E-state index contributed by atoms with van der Waals surface area (Å²) >= 11 is 0. The van der Waals surface area contributed by atoms with Crippen molar-refractivity contribution in [1.82, 2.24) is 14.7 Å². The Kier molecular flexibility index (Phi) is 9.76. The van der Waals surface area contributed by atoms with Crippen LogP contribution in [0.2, 0.25) is 0 Å². The maximum Gasteiger partial charge on any atom is 0.254 e. The molecule has 0 unspecified atom stereocenters. The Morgan fingerprint density at radius 1 is 0.900 bits per heavy atom. The molecule has 1 aliphatic rings. The van der Waals surface area contributed by atoms with Gasteiger partial charge in [0.1, 0.15) is 23.9 Å². The van der Waals surface area contributed by atoms with Gasteiger partial charge in [-0.2, -0.15) is 0 Å². The predicted molar refractivity (Wildman–Crippen MR) is 152 cm³/mol. The Balaban J connectivity index is 1.55. The van der Waals surface area contributed by atoms with E-state index in [2.05, 4.69) is 25.7 Å². The molecule has 40 heavy (non-hydrogen) atoms. The largest absolute Gasteiger partial charge is 0.464 e. The van der Waals surface area contributed by atoms with Crippen molar-refractivity contribution in [3.8, 4) is 0 Å². The topological polar surface area (TPSA) is 66.2 Å². The molecule has 2 aromatic carbocycles. The number of amides is 2. The Morgan fingerprint density at radius 3 is 2.17 bits per heavy atom. The van der Waals surface area contributed by atoms with Crippen molar-refractivity contribution in [2.45, 2.75) is 46.2 Å². The van der Waals surface area contributed by atoms with Gasteiger partial charge in [-0.15, -0.1) is 0 Å². The SMILES string of the molecule is Cc1ccc(CN(Cc2ccc(F)cc2)C(=O)CN(CCN2CCOCC2)C(=O)c2ccc(C(C)(C)C)cc2)o1. The highest BCUT2D eigenvalue weighted by molar-refractivity contribution is 5.96. The van der Waals surface area contributed by atoms with Crippen LogP contribution in [0.1, 0.15) is 53.8 Å². The van der Waals surface area contributed by atoms with E-state index in [0.29, 0.717) is 37.6 Å². The number of carbonyl (C=O) groups is 2. The average molecular weight is 550 g/mol. The normalized spacial score (nSPS) is 14.2. The molecule has 0 bridgehead atoms. The van der Waals surface area contributed by atoms with Crippen LogP contribution in [0.15, 0.2) is 65.1 Å². The van der Waals surface area contributed by atoms with Gasteiger partial charge in [0.2, 0.25) is 5.91 Å². The van der Waals surface area contributed by atoms with Crippen LogP contribution in [-0.4, -0.2) is 72.5 Å². The minimum atomic E-state index is -0.333. The molecule has 0 N–H and O–H groups in total. The summed E-state index contributed by atoms with van der Waals surface area (Å²) in [4.78, 5) is 33.1. The Labute approximate surface area is 236 Å². The van der Waals surface area contributed by atoms with E-state index < -0.39 is 0 Å². The van der Waals surface area contributed by atoms with Crippen molar-refractivity contribution in [3.63, 3.8) is 0 Å². The van der Waals surface area contributed by atoms with Crippen molar-refractivity contribution >= 4 is 11.8 Å². The van der Waals surface area contributed by atoms with Gasteiger partial charge in [-0.05, 0) is 59.9 Å². The highest BCUT2D eigenvalue weighted by Gasteiger charge is 2.25. The molecule has 0 atom stereocenters. The van der Waals surface area contributed by atoms with E-state index in [1.54, 1.807) is 21.9 Å². The average Bonchev–Trinajstić information content (AvgIpc) is 3.35. The Hall–Kier alpha value is -3.49. The second-order valence-electron chi connectivity index (χ2n) is 11.4. The number of furan rings is 1. The number of rotatable bonds is 10. The molecule has 1 saturated heterocycles. The van der Waals surface area contributed by atoms with E-state index in [-0.39, 0.29) is 42.7 Å². The molecule has 3 aromatic rings. The molecule has 1 fully saturated rings. The van der Waals surface area contributed by atoms with Crippen molar-refractivity contribution in [1.29, 1.82) is 0 Å². The van der Waals surface area contributed by atoms with Crippen molar-refractivity contribution in [3.05, 3.63) is 94.7 Å². The first-order valence-electron chi connectivity index (χ1n) is 13.9. The van der Waals surface area contributed by atoms with E-state index in [1.807, 2.05) is 43.3 Å². The summed E-state index contributed by atoms with van der Waals surface area (Å²) < 4.78 is 24.8. The maximum atomic E-state index is 13.8. The maximum absolute atomic E-state index is 13.8. The third kappa shape index (κ3) is 8.26. The van der Waals surface area contributed by atoms with Crippen molar-refractivity contribution < 1.29 is 23.1 Å². The minimum absolute atomic E-state index is 0.0291. The van der Waals surface area contributed by atoms with Gasteiger partial charge in [0.15, 0.2) is 0 Å². The molecular formula is C32H40FN3O4. The first-order valence-corrected chi connectivity index (χ1v) is 13.9. The molecule has 7 nitrogen and oxygen atoms in total. The van der Waals surface area contributed by atoms with E-state index >= 15 is 0 Å². The number of ether oxygens (including phenoxy) is 1. The van der Waals surface area contributed by atoms with Gasteiger partial charge in [-0.25, -0.2) is 4.39 Å². The summed E-state index contributed by atoms with van der Waals surface area (Å²) in [7, 11) is 0. The fourth-order valence-electron chi connectivity index (χ4n) is 4.70. The summed E-state index contributed by atoms with van der Waals surface area (Å²) in [5.41, 5.74) is 2.45. The summed E-state index contributed by atoms with van der Waals surface area (Å²) in [6.45, 7) is 12.7. The monoisotopic (exact) mass is 549 g/mol. The van der Waals surface area contributed by atoms with Crippen molar-refractivity contribution in [2.75, 3.05) is 45.9 Å². The van der Waals surface area contributed by atoms with Crippen LogP contribution in [0, 0.1) is 12.7 Å². The van der Waals surface area contributed by atoms with E-state index in [4.69, 9.17) is 9.15 Å². The highest BCUT2D eigenvalue weighted by atomic mass is 19.1. The smallest absolute Gasteiger partial charge is 0.254 e. The lowest BCUT2D eigenvalue weighted by Crippen LogP contribution is -2.47. The molecule has 8 heteroatoms. The van der Waals surface area contributed by atoms with Gasteiger partial charge in [0.25, 0.3) is 5.91 Å². The molecule has 0 spiro atoms. The van der Waals surface area contributed by atoms with Gasteiger partial charge in [0, 0.05) is 38.3 Å². The van der Waals surface area contributed by atoms with Gasteiger partial charge in [0.05, 0.1) is 19.8 Å². The standard InChI is InChI=1S/C32H40FN3O4/c1-24-5-14-29(40-24)22-36(21-25-6-12-28(33)13-7-25)30(37)23-35(16-15-34-17-19-39-20-18-34)31(38)26-8-10-27(11-9-26)32(2,3)4/h5-14H,15-23H2,1-4H3. The summed E-state index contributed by atoms with van der Waals surface area (Å²) in [6.07, 6.45) is 0. The molecule has 0 saturated carbocycles. The number of carbonyl (C=O) groups excluding carboxylic acids is 2. The van der Waals surface area contributed by atoms with Crippen LogP contribution in [0.5, 0.6) is 0 Å². The van der Waals surface area contributed by atoms with Crippen molar-refractivity contribution in [2.24, 2.45) is 0 Å². The lowest BCUT2D eigenvalue weighted by molar-refractivity contribution is -0.133. The predicted octanol–water partition coefficient (Wildman–Crippen LogP) is 5.03. The second kappa shape index (κ2) is 13.2. The van der Waals surface area contributed by atoms with Gasteiger partial charge < -0.3 is 19.0 Å². The molecule has 0 radical (unpaired) electrons. The lowest BCUT2D eigenvalue weighted by Gasteiger charge is -2.31. The number of benzene rings is 2. The zero-order chi connectivity index (χ0) is 28.7. The summed E-state index contributed by atoms with van der Waals surface area (Å²) in [5, 5.41) is 0. The van der Waals surface area contributed by atoms with Gasteiger partial charge >= 0.3 is 0 Å². The van der Waals surface area contributed by atoms with E-state index in [1.165, 1.54) is 12.1 Å². The summed E-state index contributed by atoms with van der Waals surface area (Å²) in [5.74, 6) is 0.681. The second-order valence-corrected chi connectivity index (χ2v) is 11.4. The first kappa shape index (κ1) is 29.5. The third-order valence-electron chi connectivity index (χ3n) is 7.18. The fourth-order valence-corrected chi connectivity index (χ4v) is 4.70. The molecule has 2 heterocycles. The molecule has 0 aliphatic carbocycles. The third-order valence-corrected chi connectivity index (χ3v) is 7.18. The van der Waals surface area contributed by atoms with Crippen LogP contribution in [0.4, 0.5) is 4.39 Å². The number of hydrogen-bond donors (Lipinski definition) is 0. The van der Waals surface area contributed by atoms with E-state index in [9.17, 15) is 14.0 Å². The minimum Gasteiger partial charge on any atom is -0.464 e. The highest BCUT2D eigenvalue weighted by Crippen LogP contribution is 2.23. The molecule has 1 aliphatic heterocycles. The summed E-state index contributed by atoms with van der Waals surface area (Å²) in [6, 6.07) is 17.5. The molecular weight excluding hydrogens is 509 g/mol. The van der Waals surface area contributed by atoms with Gasteiger partial charge in [-0.3, -0.25) is 14.5 Å². The lowest BCUT2D eigenvalue weighted by atomic mass is 9.86. The van der Waals surface area contributed by atoms with Crippen LogP contribution in [0.25, 0.3) is 0 Å². The van der Waals surface area contributed by atoms with Gasteiger partial charge in [-0.1, -0.05) is 45.0 Å². The first-order chi connectivity index (χ1) is 19.1. The number of hydrogen-bond acceptors (Lipinski definition) is 5. The zero-order valence-corrected chi connectivity index (χ0v) is 24.0. The van der Waals surface area contributed by atoms with Crippen LogP contribution < -0.4 is 0 Å². The van der Waals surface area contributed by atoms with Crippen LogP contribution in [0.3, 0.4) is 0 Å². The molecule has 214 valence electrons. The fraction of sp³-hybridized carbons (Fsp3) is 0.438. The Bertz CT molecular complexity index is 1260. The number of nitrogens with zero attached hydrogens (tertiary/aromatic N) is 3. The molecule has 4 rings (SSSR count).